The quantitative estimate of drug-likeness (QED) is 0.295. The largest absolute Gasteiger partial charge is 0.435 e. The second-order valence-corrected chi connectivity index (χ2v) is 10.5. The first-order valence-electron chi connectivity index (χ1n) is 13.6. The summed E-state index contributed by atoms with van der Waals surface area (Å²) >= 11 is 0. The number of fused-ring (bicyclic) bond motifs is 1. The molecule has 10 nitrogen and oxygen atoms in total. The number of halogens is 3. The van der Waals surface area contributed by atoms with E-state index in [0.29, 0.717) is 54.8 Å². The van der Waals surface area contributed by atoms with Crippen LogP contribution in [0.25, 0.3) is 28.2 Å². The summed E-state index contributed by atoms with van der Waals surface area (Å²) in [4.78, 5) is 28.9. The standard InChI is InChI=1S/C29H29F3N8O2/c1-18(2)25-21(5-4-10-33-25)26-34-16-22-27(35-26)39(28(41)37(22)3)17-19-6-8-20(9-7-19)40-24(38-11-13-42-14-12-38)15-23(36-40)29(30,31)32/h4-10,15-16,18H,11-14,17H2,1-3H3. The minimum atomic E-state index is -4.58. The Bertz CT molecular complexity index is 1800. The summed E-state index contributed by atoms with van der Waals surface area (Å²) in [6.07, 6.45) is -1.20. The molecule has 1 aromatic carbocycles. The number of pyridine rings is 1. The average molecular weight is 579 g/mol. The summed E-state index contributed by atoms with van der Waals surface area (Å²) in [5.41, 5.74) is 2.76. The number of rotatable bonds is 6. The minimum Gasteiger partial charge on any atom is -0.378 e. The fraction of sp³-hybridized carbons (Fsp3) is 0.345. The van der Waals surface area contributed by atoms with Crippen LogP contribution in [0.2, 0.25) is 0 Å². The highest BCUT2D eigenvalue weighted by Crippen LogP contribution is 2.33. The Morgan fingerprint density at radius 3 is 2.48 bits per heavy atom. The van der Waals surface area contributed by atoms with E-state index in [-0.39, 0.29) is 18.2 Å². The Kier molecular flexibility index (Phi) is 7.05. The molecule has 4 aromatic heterocycles. The van der Waals surface area contributed by atoms with E-state index in [0.717, 1.165) is 22.9 Å². The van der Waals surface area contributed by atoms with E-state index in [2.05, 4.69) is 15.1 Å². The van der Waals surface area contributed by atoms with Gasteiger partial charge in [0.1, 0.15) is 11.3 Å². The smallest absolute Gasteiger partial charge is 0.378 e. The molecule has 5 aromatic rings. The number of aromatic nitrogens is 7. The normalized spacial score (nSPS) is 14.3. The number of alkyl halides is 3. The molecule has 1 aliphatic heterocycles. The van der Waals surface area contributed by atoms with Crippen molar-refractivity contribution >= 4 is 17.0 Å². The van der Waals surface area contributed by atoms with Crippen molar-refractivity contribution in [3.63, 3.8) is 0 Å². The van der Waals surface area contributed by atoms with Crippen LogP contribution >= 0.6 is 0 Å². The van der Waals surface area contributed by atoms with Gasteiger partial charge in [-0.1, -0.05) is 26.0 Å². The second-order valence-electron chi connectivity index (χ2n) is 10.5. The average Bonchev–Trinajstić information content (AvgIpc) is 3.54. The van der Waals surface area contributed by atoms with Crippen LogP contribution < -0.4 is 10.6 Å². The lowest BCUT2D eigenvalue weighted by Crippen LogP contribution is -2.37. The number of hydrogen-bond acceptors (Lipinski definition) is 7. The molecule has 0 unspecified atom stereocenters. The third kappa shape index (κ3) is 5.04. The Morgan fingerprint density at radius 2 is 1.79 bits per heavy atom. The Balaban J connectivity index is 1.35. The van der Waals surface area contributed by atoms with E-state index in [9.17, 15) is 18.0 Å². The zero-order valence-corrected chi connectivity index (χ0v) is 23.3. The zero-order chi connectivity index (χ0) is 29.6. The van der Waals surface area contributed by atoms with Gasteiger partial charge in [-0.3, -0.25) is 14.1 Å². The van der Waals surface area contributed by atoms with E-state index >= 15 is 0 Å². The van der Waals surface area contributed by atoms with E-state index in [1.165, 1.54) is 9.25 Å². The third-order valence-corrected chi connectivity index (χ3v) is 7.35. The van der Waals surface area contributed by atoms with Crippen molar-refractivity contribution in [1.29, 1.82) is 0 Å². The van der Waals surface area contributed by atoms with Gasteiger partial charge in [0.2, 0.25) is 0 Å². The van der Waals surface area contributed by atoms with Gasteiger partial charge in [0.25, 0.3) is 0 Å². The number of nitrogens with zero attached hydrogens (tertiary/aromatic N) is 8. The SMILES string of the molecule is CC(C)c1ncccc1-c1ncc2c(n1)n(Cc1ccc(-n3nc(C(F)(F)F)cc3N3CCOCC3)cc1)c(=O)n2C. The third-order valence-electron chi connectivity index (χ3n) is 7.35. The lowest BCUT2D eigenvalue weighted by atomic mass is 10.0. The molecule has 0 radical (unpaired) electrons. The zero-order valence-electron chi connectivity index (χ0n) is 23.3. The Morgan fingerprint density at radius 1 is 1.05 bits per heavy atom. The molecule has 0 N–H and O–H groups in total. The summed E-state index contributed by atoms with van der Waals surface area (Å²) in [5.74, 6) is 0.982. The second kappa shape index (κ2) is 10.7. The van der Waals surface area contributed by atoms with Crippen molar-refractivity contribution in [3.8, 4) is 17.1 Å². The molecule has 0 atom stereocenters. The van der Waals surface area contributed by atoms with E-state index in [1.54, 1.807) is 48.3 Å². The molecule has 1 fully saturated rings. The van der Waals surface area contributed by atoms with Gasteiger partial charge < -0.3 is 9.64 Å². The molecule has 6 rings (SSSR count). The first-order chi connectivity index (χ1) is 20.1. The van der Waals surface area contributed by atoms with Gasteiger partial charge in [-0.15, -0.1) is 0 Å². The molecule has 0 aliphatic carbocycles. The highest BCUT2D eigenvalue weighted by atomic mass is 19.4. The van der Waals surface area contributed by atoms with Crippen LogP contribution in [0.3, 0.4) is 0 Å². The highest BCUT2D eigenvalue weighted by Gasteiger charge is 2.36. The summed E-state index contributed by atoms with van der Waals surface area (Å²) in [5, 5.41) is 3.89. The number of morpholine rings is 1. The van der Waals surface area contributed by atoms with Crippen LogP contribution in [0.1, 0.15) is 36.7 Å². The van der Waals surface area contributed by atoms with Gasteiger partial charge in [0.15, 0.2) is 17.2 Å². The molecular formula is C29H29F3N8O2. The number of hydrogen-bond donors (Lipinski definition) is 0. The predicted molar refractivity (Wildman–Crippen MR) is 151 cm³/mol. The maximum atomic E-state index is 13.6. The highest BCUT2D eigenvalue weighted by molar-refractivity contribution is 5.74. The molecule has 1 saturated heterocycles. The minimum absolute atomic E-state index is 0.155. The van der Waals surface area contributed by atoms with Crippen LogP contribution in [0.4, 0.5) is 19.0 Å². The van der Waals surface area contributed by atoms with Gasteiger partial charge >= 0.3 is 11.9 Å². The lowest BCUT2D eigenvalue weighted by Gasteiger charge is -2.28. The van der Waals surface area contributed by atoms with Crippen molar-refractivity contribution in [3.05, 3.63) is 82.3 Å². The fourth-order valence-electron chi connectivity index (χ4n) is 5.16. The molecule has 5 heterocycles. The maximum Gasteiger partial charge on any atom is 0.435 e. The summed E-state index contributed by atoms with van der Waals surface area (Å²) in [6.45, 7) is 6.08. The molecule has 218 valence electrons. The number of imidazole rings is 1. The van der Waals surface area contributed by atoms with Gasteiger partial charge in [-0.2, -0.15) is 18.3 Å². The van der Waals surface area contributed by atoms with Crippen molar-refractivity contribution in [2.75, 3.05) is 31.2 Å². The van der Waals surface area contributed by atoms with Crippen LogP contribution in [0.5, 0.6) is 0 Å². The first-order valence-corrected chi connectivity index (χ1v) is 13.6. The predicted octanol–water partition coefficient (Wildman–Crippen LogP) is 4.40. The van der Waals surface area contributed by atoms with Crippen molar-refractivity contribution < 1.29 is 17.9 Å². The molecule has 13 heteroatoms. The number of anilines is 1. The summed E-state index contributed by atoms with van der Waals surface area (Å²) in [6, 6.07) is 11.8. The molecule has 1 aliphatic rings. The summed E-state index contributed by atoms with van der Waals surface area (Å²) in [7, 11) is 1.67. The molecule has 0 bridgehead atoms. The number of aryl methyl sites for hydroxylation is 1. The maximum absolute atomic E-state index is 13.6. The van der Waals surface area contributed by atoms with E-state index in [1.807, 2.05) is 30.9 Å². The molecule has 0 amide bonds. The number of benzene rings is 1. The first kappa shape index (κ1) is 27.6. The van der Waals surface area contributed by atoms with Crippen molar-refractivity contribution in [2.24, 2.45) is 7.05 Å². The van der Waals surface area contributed by atoms with Crippen LogP contribution in [-0.4, -0.2) is 60.2 Å². The van der Waals surface area contributed by atoms with Crippen molar-refractivity contribution in [2.45, 2.75) is 32.5 Å². The van der Waals surface area contributed by atoms with E-state index < -0.39 is 11.9 Å². The Hall–Kier alpha value is -4.52. The summed E-state index contributed by atoms with van der Waals surface area (Å²) < 4.78 is 50.4. The van der Waals surface area contributed by atoms with E-state index in [4.69, 9.17) is 9.72 Å². The van der Waals surface area contributed by atoms with Crippen LogP contribution in [0, 0.1) is 0 Å². The van der Waals surface area contributed by atoms with Gasteiger partial charge in [-0.05, 0) is 35.7 Å². The number of ether oxygens (including phenoxy) is 1. The topological polar surface area (TPSA) is 95.9 Å². The van der Waals surface area contributed by atoms with Crippen LogP contribution in [0.15, 0.2) is 59.7 Å². The fourth-order valence-corrected chi connectivity index (χ4v) is 5.16. The molecule has 0 spiro atoms. The molecule has 42 heavy (non-hydrogen) atoms. The van der Waals surface area contributed by atoms with Crippen LogP contribution in [-0.2, 0) is 24.5 Å². The molecule has 0 saturated carbocycles. The van der Waals surface area contributed by atoms with Gasteiger partial charge in [0.05, 0.1) is 37.3 Å². The lowest BCUT2D eigenvalue weighted by molar-refractivity contribution is -0.141. The van der Waals surface area contributed by atoms with Crippen molar-refractivity contribution in [1.82, 2.24) is 33.9 Å². The van der Waals surface area contributed by atoms with Gasteiger partial charge in [0, 0.05) is 38.0 Å². The Labute approximate surface area is 239 Å². The van der Waals surface area contributed by atoms with Gasteiger partial charge in [-0.25, -0.2) is 19.4 Å². The molecular weight excluding hydrogens is 549 g/mol. The monoisotopic (exact) mass is 578 g/mol.